The van der Waals surface area contributed by atoms with Crippen LogP contribution >= 0.6 is 11.6 Å². The lowest BCUT2D eigenvalue weighted by molar-refractivity contribution is -0.140. The number of benzene rings is 2. The maximum Gasteiger partial charge on any atom is 0.234 e. The van der Waals surface area contributed by atoms with E-state index in [-0.39, 0.29) is 23.7 Å². The smallest absolute Gasteiger partial charge is 0.234 e. The minimum atomic E-state index is -0.188. The molecule has 3 heterocycles. The topological polar surface area (TPSA) is 43.9 Å². The second kappa shape index (κ2) is 8.14. The van der Waals surface area contributed by atoms with Crippen LogP contribution in [0.15, 0.2) is 48.5 Å². The van der Waals surface area contributed by atoms with Gasteiger partial charge in [0.2, 0.25) is 11.8 Å². The summed E-state index contributed by atoms with van der Waals surface area (Å²) in [6.45, 7) is 5.20. The normalized spacial score (nSPS) is 24.4. The zero-order chi connectivity index (χ0) is 20.7. The number of fused-ring (bicyclic) bond motifs is 2. The maximum absolute atomic E-state index is 13.0. The molecule has 2 amide bonds. The summed E-state index contributed by atoms with van der Waals surface area (Å²) in [6, 6.07) is 16.3. The lowest BCUT2D eigenvalue weighted by Crippen LogP contribution is -2.42. The Balaban J connectivity index is 1.16. The van der Waals surface area contributed by atoms with Gasteiger partial charge in [0, 0.05) is 50.8 Å². The number of rotatable bonds is 5. The van der Waals surface area contributed by atoms with Crippen LogP contribution in [0.1, 0.15) is 16.7 Å². The quantitative estimate of drug-likeness (QED) is 0.694. The van der Waals surface area contributed by atoms with Crippen LogP contribution in [-0.2, 0) is 29.1 Å². The van der Waals surface area contributed by atoms with Crippen molar-refractivity contribution < 1.29 is 9.59 Å². The molecule has 3 aliphatic heterocycles. The molecule has 5 nitrogen and oxygen atoms in total. The number of carbonyl (C=O) groups is 2. The van der Waals surface area contributed by atoms with E-state index in [0.717, 1.165) is 43.2 Å². The molecular weight excluding hydrogens is 398 g/mol. The summed E-state index contributed by atoms with van der Waals surface area (Å²) in [6.07, 6.45) is 1.03. The molecule has 0 spiro atoms. The van der Waals surface area contributed by atoms with Crippen molar-refractivity contribution in [3.8, 4) is 0 Å². The van der Waals surface area contributed by atoms with E-state index in [1.807, 2.05) is 24.3 Å². The molecule has 2 saturated heterocycles. The first-order chi connectivity index (χ1) is 14.6. The van der Waals surface area contributed by atoms with Gasteiger partial charge in [0.05, 0.1) is 11.8 Å². The molecule has 0 unspecified atom stereocenters. The minimum Gasteiger partial charge on any atom is -0.297 e. The predicted molar refractivity (Wildman–Crippen MR) is 116 cm³/mol. The van der Waals surface area contributed by atoms with Gasteiger partial charge in [-0.25, -0.2) is 0 Å². The van der Waals surface area contributed by atoms with Gasteiger partial charge in [-0.2, -0.15) is 0 Å². The molecule has 3 aliphatic rings. The highest BCUT2D eigenvalue weighted by atomic mass is 35.5. The average Bonchev–Trinajstić information content (AvgIpc) is 3.27. The lowest BCUT2D eigenvalue weighted by atomic mass is 10.00. The van der Waals surface area contributed by atoms with E-state index in [9.17, 15) is 9.59 Å². The van der Waals surface area contributed by atoms with E-state index in [1.54, 1.807) is 0 Å². The van der Waals surface area contributed by atoms with Gasteiger partial charge in [0.1, 0.15) is 0 Å². The minimum absolute atomic E-state index is 0.0148. The fourth-order valence-electron chi connectivity index (χ4n) is 5.08. The third-order valence-corrected chi connectivity index (χ3v) is 6.98. The van der Waals surface area contributed by atoms with E-state index in [0.29, 0.717) is 19.6 Å². The number of hydrogen-bond donors (Lipinski definition) is 0. The van der Waals surface area contributed by atoms with Crippen molar-refractivity contribution >= 4 is 23.4 Å². The first kappa shape index (κ1) is 19.7. The summed E-state index contributed by atoms with van der Waals surface area (Å²) in [5.74, 6) is -0.346. The number of imide groups is 1. The Kier molecular flexibility index (Phi) is 5.35. The summed E-state index contributed by atoms with van der Waals surface area (Å²) in [4.78, 5) is 32.0. The predicted octanol–water partition coefficient (Wildman–Crippen LogP) is 2.82. The van der Waals surface area contributed by atoms with E-state index < -0.39 is 0 Å². The number of likely N-dealkylation sites (tertiary alicyclic amines) is 2. The Morgan fingerprint density at radius 2 is 1.50 bits per heavy atom. The third kappa shape index (κ3) is 3.78. The Hall–Kier alpha value is -2.21. The van der Waals surface area contributed by atoms with E-state index in [2.05, 4.69) is 34.1 Å². The molecule has 5 rings (SSSR count). The van der Waals surface area contributed by atoms with Crippen LogP contribution in [-0.4, -0.2) is 59.2 Å². The number of halogens is 1. The van der Waals surface area contributed by atoms with Crippen molar-refractivity contribution in [1.82, 2.24) is 14.7 Å². The number of carbonyl (C=O) groups excluding carboxylic acids is 2. The highest BCUT2D eigenvalue weighted by molar-refractivity contribution is 6.30. The van der Waals surface area contributed by atoms with Gasteiger partial charge in [-0.1, -0.05) is 48.0 Å². The first-order valence-electron chi connectivity index (χ1n) is 10.7. The van der Waals surface area contributed by atoms with Crippen molar-refractivity contribution in [3.63, 3.8) is 0 Å². The molecule has 156 valence electrons. The number of hydrogen-bond acceptors (Lipinski definition) is 4. The van der Waals surface area contributed by atoms with Crippen LogP contribution in [0.5, 0.6) is 0 Å². The molecular formula is C24H26ClN3O2. The molecule has 2 atom stereocenters. The molecule has 0 aromatic heterocycles. The van der Waals surface area contributed by atoms with Crippen molar-refractivity contribution in [2.75, 3.05) is 32.7 Å². The van der Waals surface area contributed by atoms with Gasteiger partial charge in [0.25, 0.3) is 0 Å². The molecule has 2 fully saturated rings. The molecule has 2 aromatic carbocycles. The average molecular weight is 424 g/mol. The Bertz CT molecular complexity index is 937. The fourth-order valence-corrected chi connectivity index (χ4v) is 5.20. The van der Waals surface area contributed by atoms with Gasteiger partial charge >= 0.3 is 0 Å². The Morgan fingerprint density at radius 3 is 2.20 bits per heavy atom. The van der Waals surface area contributed by atoms with Crippen LogP contribution in [0.4, 0.5) is 0 Å². The highest BCUT2D eigenvalue weighted by Gasteiger charge is 2.51. The van der Waals surface area contributed by atoms with Crippen molar-refractivity contribution in [2.45, 2.75) is 19.5 Å². The van der Waals surface area contributed by atoms with Crippen LogP contribution in [0, 0.1) is 11.8 Å². The summed E-state index contributed by atoms with van der Waals surface area (Å²) >= 11 is 5.96. The molecule has 30 heavy (non-hydrogen) atoms. The zero-order valence-corrected chi connectivity index (χ0v) is 17.7. The van der Waals surface area contributed by atoms with Crippen LogP contribution in [0.2, 0.25) is 5.02 Å². The maximum atomic E-state index is 13.0. The van der Waals surface area contributed by atoms with Crippen molar-refractivity contribution in [2.24, 2.45) is 11.8 Å². The highest BCUT2D eigenvalue weighted by Crippen LogP contribution is 2.34. The standard InChI is InChI=1S/C24H26ClN3O2/c25-20-7-5-17(6-8-20)13-27-15-21-22(16-27)24(30)28(23(21)29)12-11-26-10-9-18-3-1-2-4-19(18)14-26/h1-8,21-22H,9-16H2/t21-,22+. The molecule has 0 bridgehead atoms. The summed E-state index contributed by atoms with van der Waals surface area (Å²) in [7, 11) is 0. The second-order valence-corrected chi connectivity index (χ2v) is 9.09. The molecule has 2 aromatic rings. The first-order valence-corrected chi connectivity index (χ1v) is 11.1. The van der Waals surface area contributed by atoms with Gasteiger partial charge in [-0.05, 0) is 35.2 Å². The van der Waals surface area contributed by atoms with Gasteiger partial charge < -0.3 is 0 Å². The molecule has 0 saturated carbocycles. The second-order valence-electron chi connectivity index (χ2n) is 8.66. The van der Waals surface area contributed by atoms with Crippen LogP contribution < -0.4 is 0 Å². The van der Waals surface area contributed by atoms with E-state index in [1.165, 1.54) is 16.0 Å². The van der Waals surface area contributed by atoms with Gasteiger partial charge in [0.15, 0.2) is 0 Å². The summed E-state index contributed by atoms with van der Waals surface area (Å²) in [5.41, 5.74) is 3.93. The Morgan fingerprint density at radius 1 is 0.833 bits per heavy atom. The van der Waals surface area contributed by atoms with E-state index in [4.69, 9.17) is 11.6 Å². The molecule has 0 radical (unpaired) electrons. The van der Waals surface area contributed by atoms with Crippen LogP contribution in [0.25, 0.3) is 0 Å². The number of nitrogens with zero attached hydrogens (tertiary/aromatic N) is 3. The SMILES string of the molecule is O=C1[C@H]2CN(Cc3ccc(Cl)cc3)C[C@H]2C(=O)N1CCN1CCc2ccccc2C1. The number of amides is 2. The fraction of sp³-hybridized carbons (Fsp3) is 0.417. The monoisotopic (exact) mass is 423 g/mol. The van der Waals surface area contributed by atoms with E-state index >= 15 is 0 Å². The van der Waals surface area contributed by atoms with Crippen LogP contribution in [0.3, 0.4) is 0 Å². The molecule has 0 aliphatic carbocycles. The van der Waals surface area contributed by atoms with Gasteiger partial charge in [-0.3, -0.25) is 24.3 Å². The zero-order valence-electron chi connectivity index (χ0n) is 17.0. The largest absolute Gasteiger partial charge is 0.297 e. The molecule has 6 heteroatoms. The van der Waals surface area contributed by atoms with Crippen molar-refractivity contribution in [1.29, 1.82) is 0 Å². The lowest BCUT2D eigenvalue weighted by Gasteiger charge is -2.30. The summed E-state index contributed by atoms with van der Waals surface area (Å²) in [5, 5.41) is 0.718. The third-order valence-electron chi connectivity index (χ3n) is 6.73. The summed E-state index contributed by atoms with van der Waals surface area (Å²) < 4.78 is 0. The molecule has 0 N–H and O–H groups in total. The Labute approximate surface area is 182 Å². The van der Waals surface area contributed by atoms with Crippen molar-refractivity contribution in [3.05, 3.63) is 70.2 Å². The van der Waals surface area contributed by atoms with Gasteiger partial charge in [-0.15, -0.1) is 0 Å².